The minimum atomic E-state index is -0.996. The Bertz CT molecular complexity index is 496. The van der Waals surface area contributed by atoms with Crippen molar-refractivity contribution in [3.8, 4) is 0 Å². The topological polar surface area (TPSA) is 69.6 Å². The van der Waals surface area contributed by atoms with E-state index in [4.69, 9.17) is 5.11 Å². The number of carboxylic acids is 1. The van der Waals surface area contributed by atoms with Gasteiger partial charge in [-0.3, -0.25) is 9.59 Å². The number of carbonyl (C=O) groups is 2. The van der Waals surface area contributed by atoms with Crippen LogP contribution >= 0.6 is 0 Å². The van der Waals surface area contributed by atoms with Crippen molar-refractivity contribution < 1.29 is 14.7 Å². The molecule has 1 aliphatic heterocycles. The monoisotopic (exact) mass is 290 g/mol. The van der Waals surface area contributed by atoms with Gasteiger partial charge in [0.25, 0.3) is 0 Å². The summed E-state index contributed by atoms with van der Waals surface area (Å²) in [4.78, 5) is 25.6. The molecule has 2 N–H and O–H groups in total. The van der Waals surface area contributed by atoms with E-state index in [9.17, 15) is 9.59 Å². The molecular formula is C16H22N2O3. The van der Waals surface area contributed by atoms with Crippen molar-refractivity contribution in [1.29, 1.82) is 0 Å². The summed E-state index contributed by atoms with van der Waals surface area (Å²) < 4.78 is 0. The maximum Gasteiger partial charge on any atom is 0.323 e. The number of carboxylic acid groups (broad SMARTS) is 1. The average molecular weight is 290 g/mol. The molecule has 1 aromatic carbocycles. The van der Waals surface area contributed by atoms with Crippen molar-refractivity contribution in [3.05, 3.63) is 30.3 Å². The average Bonchev–Trinajstić information content (AvgIpc) is 2.95. The summed E-state index contributed by atoms with van der Waals surface area (Å²) in [5, 5.41) is 12.4. The highest BCUT2D eigenvalue weighted by atomic mass is 16.4. The maximum atomic E-state index is 13.0. The van der Waals surface area contributed by atoms with Gasteiger partial charge < -0.3 is 15.3 Å². The summed E-state index contributed by atoms with van der Waals surface area (Å²) in [6.07, 6.45) is 2.45. The van der Waals surface area contributed by atoms with E-state index in [0.29, 0.717) is 12.2 Å². The van der Waals surface area contributed by atoms with Gasteiger partial charge in [0.1, 0.15) is 6.54 Å². The second kappa shape index (κ2) is 6.72. The van der Waals surface area contributed by atoms with Crippen LogP contribution in [0.4, 0.5) is 5.69 Å². The highest BCUT2D eigenvalue weighted by molar-refractivity contribution is 6.01. The predicted molar refractivity (Wildman–Crippen MR) is 81.3 cm³/mol. The molecule has 0 spiro atoms. The zero-order valence-electron chi connectivity index (χ0n) is 12.3. The summed E-state index contributed by atoms with van der Waals surface area (Å²) in [7, 11) is 0. The van der Waals surface area contributed by atoms with Crippen molar-refractivity contribution in [1.82, 2.24) is 5.32 Å². The van der Waals surface area contributed by atoms with Crippen LogP contribution in [-0.4, -0.2) is 36.6 Å². The van der Waals surface area contributed by atoms with E-state index in [-0.39, 0.29) is 12.5 Å². The standard InChI is InChI=1S/C16H22N2O3/c1-2-8-16(9-10-17-12-16)15(21)18(11-14(19)20)13-6-4-3-5-7-13/h3-7,17H,2,8-12H2,1H3,(H,19,20). The fourth-order valence-corrected chi connectivity index (χ4v) is 3.03. The Hall–Kier alpha value is -1.88. The van der Waals surface area contributed by atoms with Gasteiger partial charge in [-0.15, -0.1) is 0 Å². The molecule has 1 unspecified atom stereocenters. The quantitative estimate of drug-likeness (QED) is 0.839. The van der Waals surface area contributed by atoms with E-state index in [1.807, 2.05) is 18.2 Å². The minimum Gasteiger partial charge on any atom is -0.480 e. The van der Waals surface area contributed by atoms with Gasteiger partial charge in [-0.25, -0.2) is 0 Å². The number of aliphatic carboxylic acids is 1. The van der Waals surface area contributed by atoms with Gasteiger partial charge in [0, 0.05) is 12.2 Å². The van der Waals surface area contributed by atoms with Crippen LogP contribution in [0.1, 0.15) is 26.2 Å². The second-order valence-corrected chi connectivity index (χ2v) is 5.58. The fourth-order valence-electron chi connectivity index (χ4n) is 3.03. The molecule has 1 heterocycles. The second-order valence-electron chi connectivity index (χ2n) is 5.58. The lowest BCUT2D eigenvalue weighted by molar-refractivity contribution is -0.138. The lowest BCUT2D eigenvalue weighted by atomic mass is 9.81. The Morgan fingerprint density at radius 2 is 2.05 bits per heavy atom. The third-order valence-electron chi connectivity index (χ3n) is 4.03. The molecule has 0 bridgehead atoms. The van der Waals surface area contributed by atoms with Crippen molar-refractivity contribution in [2.45, 2.75) is 26.2 Å². The highest BCUT2D eigenvalue weighted by Gasteiger charge is 2.43. The molecule has 0 saturated carbocycles. The van der Waals surface area contributed by atoms with E-state index in [0.717, 1.165) is 25.8 Å². The summed E-state index contributed by atoms with van der Waals surface area (Å²) in [6, 6.07) is 9.05. The molecule has 2 rings (SSSR count). The van der Waals surface area contributed by atoms with E-state index < -0.39 is 11.4 Å². The molecule has 114 valence electrons. The molecule has 5 nitrogen and oxygen atoms in total. The smallest absolute Gasteiger partial charge is 0.323 e. The summed E-state index contributed by atoms with van der Waals surface area (Å²) in [5.74, 6) is -1.08. The largest absolute Gasteiger partial charge is 0.480 e. The van der Waals surface area contributed by atoms with Crippen LogP contribution < -0.4 is 10.2 Å². The first-order valence-electron chi connectivity index (χ1n) is 7.38. The van der Waals surface area contributed by atoms with Crippen LogP contribution in [0, 0.1) is 5.41 Å². The van der Waals surface area contributed by atoms with Gasteiger partial charge in [-0.1, -0.05) is 31.5 Å². The first kappa shape index (κ1) is 15.5. The summed E-state index contributed by atoms with van der Waals surface area (Å²) in [6.45, 7) is 3.19. The lowest BCUT2D eigenvalue weighted by Gasteiger charge is -2.33. The molecule has 0 aromatic heterocycles. The highest BCUT2D eigenvalue weighted by Crippen LogP contribution is 2.34. The minimum absolute atomic E-state index is 0.0806. The number of nitrogens with zero attached hydrogens (tertiary/aromatic N) is 1. The molecule has 1 aliphatic rings. The molecule has 21 heavy (non-hydrogen) atoms. The Kier molecular flexibility index (Phi) is 4.96. The zero-order valence-corrected chi connectivity index (χ0v) is 12.3. The Balaban J connectivity index is 2.31. The molecule has 1 saturated heterocycles. The first-order valence-corrected chi connectivity index (χ1v) is 7.38. The summed E-state index contributed by atoms with van der Waals surface area (Å²) >= 11 is 0. The number of para-hydroxylation sites is 1. The van der Waals surface area contributed by atoms with Gasteiger partial charge in [0.2, 0.25) is 5.91 Å². The SMILES string of the molecule is CCCC1(C(=O)N(CC(=O)O)c2ccccc2)CCNC1. The Morgan fingerprint density at radius 3 is 2.57 bits per heavy atom. The zero-order chi connectivity index (χ0) is 15.3. The molecule has 0 aliphatic carbocycles. The van der Waals surface area contributed by atoms with Crippen LogP contribution in [0.25, 0.3) is 0 Å². The number of nitrogens with one attached hydrogen (secondary N) is 1. The summed E-state index contributed by atoms with van der Waals surface area (Å²) in [5.41, 5.74) is 0.173. The number of benzene rings is 1. The number of amides is 1. The molecule has 5 heteroatoms. The number of carbonyl (C=O) groups excluding carboxylic acids is 1. The number of hydrogen-bond donors (Lipinski definition) is 2. The van der Waals surface area contributed by atoms with Gasteiger partial charge in [0.05, 0.1) is 5.41 Å². The van der Waals surface area contributed by atoms with Crippen LogP contribution in [0.3, 0.4) is 0 Å². The number of anilines is 1. The predicted octanol–water partition coefficient (Wildman–Crippen LogP) is 1.88. The van der Waals surface area contributed by atoms with E-state index in [1.165, 1.54) is 4.90 Å². The molecule has 1 amide bonds. The number of rotatable bonds is 6. The van der Waals surface area contributed by atoms with Crippen molar-refractivity contribution in [2.75, 3.05) is 24.5 Å². The van der Waals surface area contributed by atoms with Gasteiger partial charge >= 0.3 is 5.97 Å². The molecule has 1 atom stereocenters. The Labute approximate surface area is 125 Å². The van der Waals surface area contributed by atoms with Gasteiger partial charge in [-0.2, -0.15) is 0 Å². The normalized spacial score (nSPS) is 21.2. The number of hydrogen-bond acceptors (Lipinski definition) is 3. The van der Waals surface area contributed by atoms with Crippen molar-refractivity contribution in [3.63, 3.8) is 0 Å². The fraction of sp³-hybridized carbons (Fsp3) is 0.500. The molecular weight excluding hydrogens is 268 g/mol. The van der Waals surface area contributed by atoms with Crippen LogP contribution in [0.2, 0.25) is 0 Å². The van der Waals surface area contributed by atoms with Crippen molar-refractivity contribution in [2.24, 2.45) is 5.41 Å². The van der Waals surface area contributed by atoms with E-state index >= 15 is 0 Å². The van der Waals surface area contributed by atoms with Crippen LogP contribution in [0.15, 0.2) is 30.3 Å². The van der Waals surface area contributed by atoms with E-state index in [2.05, 4.69) is 12.2 Å². The van der Waals surface area contributed by atoms with Gasteiger partial charge in [0.15, 0.2) is 0 Å². The lowest BCUT2D eigenvalue weighted by Crippen LogP contribution is -2.47. The molecule has 0 radical (unpaired) electrons. The Morgan fingerprint density at radius 1 is 1.33 bits per heavy atom. The maximum absolute atomic E-state index is 13.0. The third kappa shape index (κ3) is 3.42. The van der Waals surface area contributed by atoms with E-state index in [1.54, 1.807) is 12.1 Å². The first-order chi connectivity index (χ1) is 10.1. The molecule has 1 fully saturated rings. The third-order valence-corrected chi connectivity index (χ3v) is 4.03. The van der Waals surface area contributed by atoms with Crippen LogP contribution in [0.5, 0.6) is 0 Å². The van der Waals surface area contributed by atoms with Crippen LogP contribution in [-0.2, 0) is 9.59 Å². The molecule has 1 aromatic rings. The van der Waals surface area contributed by atoms with Gasteiger partial charge in [-0.05, 0) is 31.5 Å². The van der Waals surface area contributed by atoms with Crippen molar-refractivity contribution >= 4 is 17.6 Å².